The van der Waals surface area contributed by atoms with Gasteiger partial charge in [-0.15, -0.1) is 0 Å². The van der Waals surface area contributed by atoms with Gasteiger partial charge >= 0.3 is 134 Å². The van der Waals surface area contributed by atoms with E-state index in [9.17, 15) is 4.79 Å². The summed E-state index contributed by atoms with van der Waals surface area (Å²) in [6.45, 7) is 0. The third kappa shape index (κ3) is 3.13. The number of benzene rings is 3. The second kappa shape index (κ2) is 6.63. The first kappa shape index (κ1) is 14.6. The van der Waals surface area contributed by atoms with E-state index in [1.165, 1.54) is 13.1 Å². The van der Waals surface area contributed by atoms with Crippen LogP contribution in [0.5, 0.6) is 0 Å². The van der Waals surface area contributed by atoms with E-state index in [-0.39, 0.29) is 0 Å². The quantitative estimate of drug-likeness (QED) is 0.730. The van der Waals surface area contributed by atoms with Gasteiger partial charge in [0.1, 0.15) is 0 Å². The van der Waals surface area contributed by atoms with Gasteiger partial charge in [-0.25, -0.2) is 0 Å². The molecule has 3 aromatic rings. The molecule has 0 saturated carbocycles. The number of aromatic carboxylic acids is 1. The summed E-state index contributed by atoms with van der Waals surface area (Å²) in [6.07, 6.45) is 0. The predicted octanol–water partition coefficient (Wildman–Crippen LogP) is 1.90. The average Bonchev–Trinajstić information content (AvgIpc) is 2.57. The molecule has 0 radical (unpaired) electrons. The summed E-state index contributed by atoms with van der Waals surface area (Å²) in [5, 5.41) is 9.06. The maximum atomic E-state index is 11.0. The van der Waals surface area contributed by atoms with Gasteiger partial charge in [-0.05, 0) is 0 Å². The molecule has 2 nitrogen and oxygen atoms in total. The van der Waals surface area contributed by atoms with Crippen molar-refractivity contribution in [1.82, 2.24) is 0 Å². The van der Waals surface area contributed by atoms with Crippen molar-refractivity contribution >= 4 is 33.7 Å². The number of hydrogen-bond acceptors (Lipinski definition) is 1. The molecular formula is C19H15AsO2. The molecule has 0 fully saturated rings. The SMILES string of the molecule is O=C(O)c1ccc([As](c2ccccc2)c2ccccc2)cc1. The summed E-state index contributed by atoms with van der Waals surface area (Å²) in [5.74, 6) is -0.884. The Labute approximate surface area is 134 Å². The summed E-state index contributed by atoms with van der Waals surface area (Å²) in [7, 11) is 0. The van der Waals surface area contributed by atoms with Crippen molar-refractivity contribution in [3.63, 3.8) is 0 Å². The van der Waals surface area contributed by atoms with Gasteiger partial charge in [-0.1, -0.05) is 0 Å². The molecule has 22 heavy (non-hydrogen) atoms. The minimum absolute atomic E-state index is 0.332. The molecule has 0 atom stereocenters. The van der Waals surface area contributed by atoms with Crippen molar-refractivity contribution < 1.29 is 9.90 Å². The van der Waals surface area contributed by atoms with Gasteiger partial charge in [0.05, 0.1) is 0 Å². The first-order valence-electron chi connectivity index (χ1n) is 6.99. The van der Waals surface area contributed by atoms with Crippen molar-refractivity contribution in [2.45, 2.75) is 0 Å². The molecule has 0 heterocycles. The Morgan fingerprint density at radius 3 is 1.45 bits per heavy atom. The van der Waals surface area contributed by atoms with Gasteiger partial charge < -0.3 is 0 Å². The fourth-order valence-electron chi connectivity index (χ4n) is 2.35. The van der Waals surface area contributed by atoms with Crippen LogP contribution in [0.4, 0.5) is 0 Å². The second-order valence-electron chi connectivity index (χ2n) is 4.86. The molecule has 0 bridgehead atoms. The molecule has 0 unspecified atom stereocenters. The topological polar surface area (TPSA) is 37.3 Å². The van der Waals surface area contributed by atoms with Crippen LogP contribution in [0.3, 0.4) is 0 Å². The number of carboxylic acid groups (broad SMARTS) is 1. The molecule has 0 spiro atoms. The zero-order chi connectivity index (χ0) is 15.4. The molecule has 3 aromatic carbocycles. The van der Waals surface area contributed by atoms with Gasteiger partial charge in [-0.2, -0.15) is 0 Å². The Kier molecular flexibility index (Phi) is 4.41. The van der Waals surface area contributed by atoms with E-state index in [0.717, 1.165) is 0 Å². The fourth-order valence-corrected chi connectivity index (χ4v) is 7.14. The van der Waals surface area contributed by atoms with Crippen molar-refractivity contribution in [2.24, 2.45) is 0 Å². The molecular weight excluding hydrogens is 335 g/mol. The normalized spacial score (nSPS) is 10.6. The summed E-state index contributed by atoms with van der Waals surface area (Å²) >= 11 is -1.64. The molecule has 0 saturated heterocycles. The molecule has 0 aliphatic heterocycles. The Balaban J connectivity index is 2.08. The van der Waals surface area contributed by atoms with Crippen LogP contribution in [0, 0.1) is 0 Å². The van der Waals surface area contributed by atoms with Crippen molar-refractivity contribution in [1.29, 1.82) is 0 Å². The van der Waals surface area contributed by atoms with Crippen LogP contribution in [0.2, 0.25) is 0 Å². The number of carbonyl (C=O) groups is 1. The molecule has 0 amide bonds. The van der Waals surface area contributed by atoms with Crippen LogP contribution in [0.25, 0.3) is 0 Å². The number of rotatable bonds is 4. The van der Waals surface area contributed by atoms with Gasteiger partial charge in [0.25, 0.3) is 0 Å². The van der Waals surface area contributed by atoms with Gasteiger partial charge in [-0.3, -0.25) is 0 Å². The van der Waals surface area contributed by atoms with Crippen LogP contribution in [0.1, 0.15) is 10.4 Å². The minimum atomic E-state index is -1.64. The number of carboxylic acids is 1. The zero-order valence-electron chi connectivity index (χ0n) is 11.9. The van der Waals surface area contributed by atoms with Gasteiger partial charge in [0, 0.05) is 0 Å². The fraction of sp³-hybridized carbons (Fsp3) is 0. The van der Waals surface area contributed by atoms with Gasteiger partial charge in [0.2, 0.25) is 0 Å². The van der Waals surface area contributed by atoms with Crippen molar-refractivity contribution in [3.05, 3.63) is 90.5 Å². The molecule has 3 rings (SSSR count). The summed E-state index contributed by atoms with van der Waals surface area (Å²) in [4.78, 5) is 11.0. The van der Waals surface area contributed by atoms with Crippen molar-refractivity contribution in [2.75, 3.05) is 0 Å². The van der Waals surface area contributed by atoms with E-state index in [0.29, 0.717) is 5.56 Å². The Bertz CT molecular complexity index is 713. The molecule has 3 heteroatoms. The Morgan fingerprint density at radius 1 is 0.636 bits per heavy atom. The van der Waals surface area contributed by atoms with E-state index in [2.05, 4.69) is 48.5 Å². The third-order valence-electron chi connectivity index (χ3n) is 3.40. The second-order valence-corrected chi connectivity index (χ2v) is 9.52. The van der Waals surface area contributed by atoms with Crippen LogP contribution in [-0.2, 0) is 0 Å². The molecule has 0 aliphatic rings. The van der Waals surface area contributed by atoms with E-state index in [1.807, 2.05) is 24.3 Å². The maximum absolute atomic E-state index is 11.0. The third-order valence-corrected chi connectivity index (χ3v) is 8.53. The van der Waals surface area contributed by atoms with E-state index in [4.69, 9.17) is 5.11 Å². The molecule has 108 valence electrons. The molecule has 1 N–H and O–H groups in total. The van der Waals surface area contributed by atoms with E-state index in [1.54, 1.807) is 12.1 Å². The van der Waals surface area contributed by atoms with Crippen molar-refractivity contribution in [3.8, 4) is 0 Å². The van der Waals surface area contributed by atoms with Crippen LogP contribution < -0.4 is 13.1 Å². The number of hydrogen-bond donors (Lipinski definition) is 1. The predicted molar refractivity (Wildman–Crippen MR) is 90.9 cm³/mol. The molecule has 0 aromatic heterocycles. The average molecular weight is 350 g/mol. The standard InChI is InChI=1S/C19H15AsO2/c21-19(22)15-11-13-18(14-12-15)20(16-7-3-1-4-8-16)17-9-5-2-6-10-17/h1-14H,(H,21,22). The van der Waals surface area contributed by atoms with Crippen LogP contribution >= 0.6 is 0 Å². The first-order chi connectivity index (χ1) is 10.8. The zero-order valence-corrected chi connectivity index (χ0v) is 13.8. The monoisotopic (exact) mass is 350 g/mol. The van der Waals surface area contributed by atoms with Crippen LogP contribution in [0.15, 0.2) is 84.9 Å². The summed E-state index contributed by atoms with van der Waals surface area (Å²) < 4.78 is 3.91. The first-order valence-corrected chi connectivity index (χ1v) is 9.81. The Morgan fingerprint density at radius 2 is 1.05 bits per heavy atom. The molecule has 0 aliphatic carbocycles. The van der Waals surface area contributed by atoms with Gasteiger partial charge in [0.15, 0.2) is 0 Å². The van der Waals surface area contributed by atoms with E-state index < -0.39 is 20.6 Å². The van der Waals surface area contributed by atoms with E-state index >= 15 is 0 Å². The summed E-state index contributed by atoms with van der Waals surface area (Å²) in [5.41, 5.74) is 0.332. The summed E-state index contributed by atoms with van der Waals surface area (Å²) in [6, 6.07) is 28.3. The van der Waals surface area contributed by atoms with Crippen LogP contribution in [-0.4, -0.2) is 25.7 Å². The Hall–Kier alpha value is -2.31.